The van der Waals surface area contributed by atoms with Crippen LogP contribution in [0.3, 0.4) is 0 Å². The molecule has 2 aliphatic rings. The number of Topliss-reactive ketones (excluding diaryl/α,β-unsaturated/α-hetero) is 1. The molecule has 27 heavy (non-hydrogen) atoms. The van der Waals surface area contributed by atoms with Crippen molar-refractivity contribution in [3.8, 4) is 17.2 Å². The van der Waals surface area contributed by atoms with E-state index in [1.807, 2.05) is 30.3 Å². The van der Waals surface area contributed by atoms with Crippen molar-refractivity contribution >= 4 is 11.7 Å². The van der Waals surface area contributed by atoms with E-state index in [-0.39, 0.29) is 18.3 Å². The third kappa shape index (κ3) is 3.47. The lowest BCUT2D eigenvalue weighted by Gasteiger charge is -2.34. The number of likely N-dealkylation sites (tertiary alicyclic amines) is 1. The van der Waals surface area contributed by atoms with Crippen molar-refractivity contribution in [2.75, 3.05) is 26.8 Å². The minimum atomic E-state index is -0.628. The molecule has 1 fully saturated rings. The highest BCUT2D eigenvalue weighted by Gasteiger charge is 2.46. The van der Waals surface area contributed by atoms with Gasteiger partial charge in [-0.3, -0.25) is 9.59 Å². The summed E-state index contributed by atoms with van der Waals surface area (Å²) >= 11 is 0. The fourth-order valence-corrected chi connectivity index (χ4v) is 3.66. The first-order valence-electron chi connectivity index (χ1n) is 8.94. The quantitative estimate of drug-likeness (QED) is 0.831. The molecule has 0 saturated carbocycles. The van der Waals surface area contributed by atoms with E-state index in [4.69, 9.17) is 14.2 Å². The van der Waals surface area contributed by atoms with E-state index in [2.05, 4.69) is 0 Å². The van der Waals surface area contributed by atoms with Gasteiger partial charge in [-0.05, 0) is 24.3 Å². The van der Waals surface area contributed by atoms with Crippen LogP contribution in [0.15, 0.2) is 48.5 Å². The molecule has 0 radical (unpaired) electrons. The van der Waals surface area contributed by atoms with Crippen LogP contribution in [0.5, 0.6) is 17.2 Å². The second kappa shape index (κ2) is 6.95. The van der Waals surface area contributed by atoms with Crippen LogP contribution in [-0.4, -0.2) is 49.0 Å². The highest BCUT2D eigenvalue weighted by atomic mass is 16.5. The first kappa shape index (κ1) is 17.4. The average Bonchev–Trinajstić information content (AvgIpc) is 3.09. The molecule has 1 amide bonds. The van der Waals surface area contributed by atoms with Crippen LogP contribution >= 0.6 is 0 Å². The lowest BCUT2D eigenvalue weighted by atomic mass is 9.89. The van der Waals surface area contributed by atoms with E-state index in [1.54, 1.807) is 30.2 Å². The first-order valence-corrected chi connectivity index (χ1v) is 8.94. The predicted octanol–water partition coefficient (Wildman–Crippen LogP) is 2.71. The molecular formula is C21H21NO5. The smallest absolute Gasteiger partial charge is 0.260 e. The van der Waals surface area contributed by atoms with Gasteiger partial charge in [-0.1, -0.05) is 18.2 Å². The van der Waals surface area contributed by atoms with Gasteiger partial charge in [0.05, 0.1) is 25.6 Å². The number of amides is 1. The minimum Gasteiger partial charge on any atom is -0.497 e. The van der Waals surface area contributed by atoms with Gasteiger partial charge in [0.25, 0.3) is 5.91 Å². The molecule has 0 N–H and O–H groups in total. The van der Waals surface area contributed by atoms with Crippen molar-refractivity contribution in [2.45, 2.75) is 18.4 Å². The molecule has 140 valence electrons. The topological polar surface area (TPSA) is 65.1 Å². The fraction of sp³-hybridized carbons (Fsp3) is 0.333. The van der Waals surface area contributed by atoms with Crippen LogP contribution in [0.4, 0.5) is 0 Å². The standard InChI is InChI=1S/C21H21NO5/c1-25-15-5-4-6-16(11-15)26-13-20(24)22-10-9-21(14-22)12-18(23)17-7-2-3-8-19(17)27-21/h2-8,11H,9-10,12-14H2,1H3. The molecule has 0 aliphatic carbocycles. The molecule has 2 heterocycles. The Balaban J connectivity index is 1.39. The molecule has 6 nitrogen and oxygen atoms in total. The van der Waals surface area contributed by atoms with Gasteiger partial charge in [0, 0.05) is 19.0 Å². The molecular weight excluding hydrogens is 346 g/mol. The number of hydrogen-bond acceptors (Lipinski definition) is 5. The second-order valence-electron chi connectivity index (χ2n) is 6.91. The maximum Gasteiger partial charge on any atom is 0.260 e. The SMILES string of the molecule is COc1cccc(OCC(=O)N2CCC3(CC(=O)c4ccccc4O3)C2)c1. The summed E-state index contributed by atoms with van der Waals surface area (Å²) in [5.41, 5.74) is -0.00823. The van der Waals surface area contributed by atoms with E-state index in [0.717, 1.165) is 0 Å². The summed E-state index contributed by atoms with van der Waals surface area (Å²) in [6.45, 7) is 0.886. The Morgan fingerprint density at radius 1 is 1.19 bits per heavy atom. The van der Waals surface area contributed by atoms with E-state index in [9.17, 15) is 9.59 Å². The summed E-state index contributed by atoms with van der Waals surface area (Å²) in [5.74, 6) is 1.81. The Morgan fingerprint density at radius 2 is 2.00 bits per heavy atom. The Kier molecular flexibility index (Phi) is 4.48. The van der Waals surface area contributed by atoms with Crippen molar-refractivity contribution < 1.29 is 23.8 Å². The molecule has 4 rings (SSSR count). The summed E-state index contributed by atoms with van der Waals surface area (Å²) in [7, 11) is 1.58. The van der Waals surface area contributed by atoms with E-state index in [0.29, 0.717) is 48.7 Å². The van der Waals surface area contributed by atoms with Gasteiger partial charge in [-0.15, -0.1) is 0 Å². The van der Waals surface area contributed by atoms with E-state index >= 15 is 0 Å². The summed E-state index contributed by atoms with van der Waals surface area (Å²) in [6.07, 6.45) is 0.933. The summed E-state index contributed by atoms with van der Waals surface area (Å²) in [6, 6.07) is 14.4. The van der Waals surface area contributed by atoms with Crippen LogP contribution in [0, 0.1) is 0 Å². The summed E-state index contributed by atoms with van der Waals surface area (Å²) in [5, 5.41) is 0. The van der Waals surface area contributed by atoms with E-state index < -0.39 is 5.60 Å². The number of fused-ring (bicyclic) bond motifs is 1. The molecule has 0 bridgehead atoms. The Bertz CT molecular complexity index is 880. The largest absolute Gasteiger partial charge is 0.497 e. The normalized spacial score (nSPS) is 20.9. The molecule has 2 aromatic carbocycles. The van der Waals surface area contributed by atoms with Crippen molar-refractivity contribution in [1.82, 2.24) is 4.90 Å². The highest BCUT2D eigenvalue weighted by molar-refractivity contribution is 6.00. The van der Waals surface area contributed by atoms with Crippen molar-refractivity contribution in [3.05, 3.63) is 54.1 Å². The Morgan fingerprint density at radius 3 is 2.85 bits per heavy atom. The first-order chi connectivity index (χ1) is 13.1. The van der Waals surface area contributed by atoms with Crippen LogP contribution in [0.2, 0.25) is 0 Å². The molecule has 6 heteroatoms. The number of ketones is 1. The average molecular weight is 367 g/mol. The molecule has 1 atom stereocenters. The molecule has 1 unspecified atom stereocenters. The summed E-state index contributed by atoms with van der Waals surface area (Å²) in [4.78, 5) is 26.7. The molecule has 1 saturated heterocycles. The third-order valence-corrected chi connectivity index (χ3v) is 5.07. The number of carbonyl (C=O) groups is 2. The fourth-order valence-electron chi connectivity index (χ4n) is 3.66. The number of rotatable bonds is 4. The van der Waals surface area contributed by atoms with Gasteiger partial charge in [0.2, 0.25) is 0 Å². The number of methoxy groups -OCH3 is 1. The molecule has 1 spiro atoms. The van der Waals surface area contributed by atoms with Gasteiger partial charge >= 0.3 is 0 Å². The van der Waals surface area contributed by atoms with E-state index in [1.165, 1.54) is 0 Å². The number of carbonyl (C=O) groups excluding carboxylic acids is 2. The minimum absolute atomic E-state index is 0.0617. The lowest BCUT2D eigenvalue weighted by molar-refractivity contribution is -0.133. The molecule has 2 aromatic rings. The third-order valence-electron chi connectivity index (χ3n) is 5.07. The van der Waals surface area contributed by atoms with Gasteiger partial charge in [-0.2, -0.15) is 0 Å². The number of hydrogen-bond donors (Lipinski definition) is 0. The van der Waals surface area contributed by atoms with Crippen molar-refractivity contribution in [2.24, 2.45) is 0 Å². The van der Waals surface area contributed by atoms with Crippen LogP contribution < -0.4 is 14.2 Å². The zero-order valence-electron chi connectivity index (χ0n) is 15.1. The van der Waals surface area contributed by atoms with Gasteiger partial charge in [0.1, 0.15) is 22.8 Å². The maximum atomic E-state index is 12.6. The molecule has 0 aromatic heterocycles. The Hall–Kier alpha value is -3.02. The van der Waals surface area contributed by atoms with Gasteiger partial charge < -0.3 is 19.1 Å². The lowest BCUT2D eigenvalue weighted by Crippen LogP contribution is -2.45. The van der Waals surface area contributed by atoms with Crippen LogP contribution in [-0.2, 0) is 4.79 Å². The van der Waals surface area contributed by atoms with Gasteiger partial charge in [0.15, 0.2) is 12.4 Å². The number of para-hydroxylation sites is 1. The zero-order chi connectivity index (χ0) is 18.9. The summed E-state index contributed by atoms with van der Waals surface area (Å²) < 4.78 is 16.9. The van der Waals surface area contributed by atoms with Crippen LogP contribution in [0.25, 0.3) is 0 Å². The van der Waals surface area contributed by atoms with Crippen molar-refractivity contribution in [3.63, 3.8) is 0 Å². The zero-order valence-corrected chi connectivity index (χ0v) is 15.1. The molecule has 2 aliphatic heterocycles. The monoisotopic (exact) mass is 367 g/mol. The Labute approximate surface area is 157 Å². The number of benzene rings is 2. The predicted molar refractivity (Wildman–Crippen MR) is 98.4 cm³/mol. The van der Waals surface area contributed by atoms with Gasteiger partial charge in [-0.25, -0.2) is 0 Å². The highest BCUT2D eigenvalue weighted by Crippen LogP contribution is 2.38. The van der Waals surface area contributed by atoms with Crippen molar-refractivity contribution in [1.29, 1.82) is 0 Å². The number of nitrogens with zero attached hydrogens (tertiary/aromatic N) is 1. The maximum absolute atomic E-state index is 12.6. The number of ether oxygens (including phenoxy) is 3. The second-order valence-corrected chi connectivity index (χ2v) is 6.91. The van der Waals surface area contributed by atoms with Crippen LogP contribution in [0.1, 0.15) is 23.2 Å².